The Morgan fingerprint density at radius 2 is 1.00 bits per heavy atom. The molecule has 1 unspecified atom stereocenters. The Labute approximate surface area is 209 Å². The fourth-order valence-electron chi connectivity index (χ4n) is 4.61. The summed E-state index contributed by atoms with van der Waals surface area (Å²) in [5, 5.41) is 12.6. The average molecular weight is 474 g/mol. The molecule has 0 aromatic heterocycles. The largest absolute Gasteiger partial charge is 0.507 e. The van der Waals surface area contributed by atoms with Gasteiger partial charge in [-0.25, -0.2) is 0 Å². The first-order chi connectivity index (χ1) is 17.1. The number of hydrogen-bond acceptors (Lipinski definition) is 2. The van der Waals surface area contributed by atoms with Crippen molar-refractivity contribution < 1.29 is 5.11 Å². The molecule has 1 N–H and O–H groups in total. The van der Waals surface area contributed by atoms with Crippen LogP contribution in [0.5, 0.6) is 5.75 Å². The van der Waals surface area contributed by atoms with E-state index in [-0.39, 0.29) is 0 Å². The van der Waals surface area contributed by atoms with Gasteiger partial charge >= 0.3 is 0 Å². The highest BCUT2D eigenvalue weighted by atomic mass is 31.1. The van der Waals surface area contributed by atoms with Crippen LogP contribution in [-0.4, -0.2) is 19.2 Å². The Morgan fingerprint density at radius 1 is 0.514 bits per heavy atom. The Balaban J connectivity index is 1.79. The summed E-state index contributed by atoms with van der Waals surface area (Å²) in [6, 6.07) is 42.0. The lowest BCUT2D eigenvalue weighted by atomic mass is 9.87. The molecule has 5 rings (SSSR count). The minimum atomic E-state index is 0.343. The molecule has 0 saturated heterocycles. The Kier molecular flexibility index (Phi) is 6.66. The molecule has 172 valence electrons. The first-order valence-electron chi connectivity index (χ1n) is 11.7. The van der Waals surface area contributed by atoms with Crippen LogP contribution in [0.1, 0.15) is 0 Å². The molecule has 0 saturated carbocycles. The van der Waals surface area contributed by atoms with Crippen molar-refractivity contribution in [2.24, 2.45) is 0 Å². The van der Waals surface area contributed by atoms with Crippen LogP contribution in [0.4, 0.5) is 5.69 Å². The van der Waals surface area contributed by atoms with E-state index in [1.165, 1.54) is 44.4 Å². The summed E-state index contributed by atoms with van der Waals surface area (Å²) < 4.78 is 0. The van der Waals surface area contributed by atoms with Gasteiger partial charge in [-0.1, -0.05) is 124 Å². The van der Waals surface area contributed by atoms with Crippen molar-refractivity contribution >= 4 is 24.9 Å². The van der Waals surface area contributed by atoms with E-state index in [0.29, 0.717) is 14.3 Å². The topological polar surface area (TPSA) is 23.5 Å². The van der Waals surface area contributed by atoms with Crippen LogP contribution < -0.4 is 15.5 Å². The van der Waals surface area contributed by atoms with Gasteiger partial charge in [0.25, 0.3) is 0 Å². The Hall–Kier alpha value is -3.87. The van der Waals surface area contributed by atoms with Gasteiger partial charge in [-0.3, -0.25) is 0 Å². The highest BCUT2D eigenvalue weighted by Gasteiger charge is 2.20. The number of phenols is 1. The number of phenolic OH excluding ortho intramolecular Hbond substituents is 1. The third-order valence-corrected chi connectivity index (χ3v) is 7.52. The van der Waals surface area contributed by atoms with E-state index < -0.39 is 0 Å². The van der Waals surface area contributed by atoms with Gasteiger partial charge in [0.1, 0.15) is 5.75 Å². The molecule has 0 heterocycles. The van der Waals surface area contributed by atoms with Crippen molar-refractivity contribution in [1.82, 2.24) is 0 Å². The molecule has 35 heavy (non-hydrogen) atoms. The molecule has 0 aliphatic heterocycles. The lowest BCUT2D eigenvalue weighted by Gasteiger charge is -2.25. The zero-order chi connectivity index (χ0) is 24.2. The molecule has 0 aliphatic rings. The summed E-state index contributed by atoms with van der Waals surface area (Å²) in [5.74, 6) is 0.343. The molecular formula is C32H28NOP. The third kappa shape index (κ3) is 4.71. The highest BCUT2D eigenvalue weighted by Crippen LogP contribution is 2.44. The Bertz CT molecular complexity index is 1390. The van der Waals surface area contributed by atoms with E-state index in [0.717, 1.165) is 5.30 Å². The van der Waals surface area contributed by atoms with Gasteiger partial charge in [-0.15, -0.1) is 0 Å². The predicted molar refractivity (Wildman–Crippen MR) is 153 cm³/mol. The number of rotatable bonds is 6. The molecule has 2 nitrogen and oxygen atoms in total. The standard InChI is InChI=1S/C32H28NOP/c1-33(2)32-27(19-12-22-30(32)35-29-21-10-9-20-28(29)34)31-25(23-13-5-3-6-14-23)17-11-18-26(31)24-15-7-4-8-16-24/h3-22,34-35H,1-2H3. The molecule has 1 atom stereocenters. The highest BCUT2D eigenvalue weighted by molar-refractivity contribution is 7.56. The minimum Gasteiger partial charge on any atom is -0.507 e. The number of anilines is 1. The molecule has 0 aliphatic carbocycles. The maximum Gasteiger partial charge on any atom is 0.123 e. The van der Waals surface area contributed by atoms with Gasteiger partial charge in [0.05, 0.1) is 5.69 Å². The SMILES string of the molecule is CN(C)c1c(Pc2ccccc2O)cccc1-c1c(-c2ccccc2)cccc1-c1ccccc1. The third-order valence-electron chi connectivity index (χ3n) is 6.16. The van der Waals surface area contributed by atoms with Gasteiger partial charge in [-0.05, 0) is 33.9 Å². The van der Waals surface area contributed by atoms with Crippen LogP contribution in [0.2, 0.25) is 0 Å². The van der Waals surface area contributed by atoms with E-state index in [9.17, 15) is 5.11 Å². The minimum absolute atomic E-state index is 0.343. The number of para-hydroxylation sites is 2. The van der Waals surface area contributed by atoms with Crippen molar-refractivity contribution in [3.63, 3.8) is 0 Å². The fourth-order valence-corrected chi connectivity index (χ4v) is 5.95. The monoisotopic (exact) mass is 473 g/mol. The molecule has 0 amide bonds. The zero-order valence-electron chi connectivity index (χ0n) is 19.9. The van der Waals surface area contributed by atoms with Gasteiger partial charge in [0.2, 0.25) is 0 Å². The van der Waals surface area contributed by atoms with Crippen LogP contribution in [0.15, 0.2) is 121 Å². The second kappa shape index (κ2) is 10.2. The van der Waals surface area contributed by atoms with Gasteiger partial charge < -0.3 is 10.0 Å². The molecule has 5 aromatic carbocycles. The summed E-state index contributed by atoms with van der Waals surface area (Å²) in [7, 11) is 4.55. The summed E-state index contributed by atoms with van der Waals surface area (Å²) in [4.78, 5) is 2.20. The quantitative estimate of drug-likeness (QED) is 0.266. The normalized spacial score (nSPS) is 11.1. The first-order valence-corrected chi connectivity index (χ1v) is 12.7. The molecular weight excluding hydrogens is 445 g/mol. The van der Waals surface area contributed by atoms with Crippen molar-refractivity contribution in [3.8, 4) is 39.1 Å². The number of hydrogen-bond donors (Lipinski definition) is 1. The van der Waals surface area contributed by atoms with Gasteiger partial charge in [0, 0.05) is 30.3 Å². The molecule has 3 heteroatoms. The van der Waals surface area contributed by atoms with Crippen LogP contribution in [0.3, 0.4) is 0 Å². The van der Waals surface area contributed by atoms with Gasteiger partial charge in [0.15, 0.2) is 0 Å². The van der Waals surface area contributed by atoms with Crippen LogP contribution in [0, 0.1) is 0 Å². The molecule has 0 spiro atoms. The van der Waals surface area contributed by atoms with E-state index in [1.807, 2.05) is 18.2 Å². The number of aromatic hydroxyl groups is 1. The average Bonchev–Trinajstić information content (AvgIpc) is 2.90. The summed E-state index contributed by atoms with van der Waals surface area (Å²) >= 11 is 0. The Morgan fingerprint density at radius 3 is 1.57 bits per heavy atom. The van der Waals surface area contributed by atoms with Crippen LogP contribution in [-0.2, 0) is 0 Å². The summed E-state index contributed by atoms with van der Waals surface area (Å²) in [5.41, 5.74) is 8.38. The van der Waals surface area contributed by atoms with E-state index >= 15 is 0 Å². The van der Waals surface area contributed by atoms with E-state index in [2.05, 4.69) is 116 Å². The molecule has 0 bridgehead atoms. The second-order valence-electron chi connectivity index (χ2n) is 8.70. The van der Waals surface area contributed by atoms with Crippen molar-refractivity contribution in [2.45, 2.75) is 0 Å². The molecule has 5 aromatic rings. The molecule has 0 radical (unpaired) electrons. The van der Waals surface area contributed by atoms with Crippen molar-refractivity contribution in [1.29, 1.82) is 0 Å². The molecule has 0 fully saturated rings. The number of benzene rings is 5. The number of nitrogens with zero attached hydrogens (tertiary/aromatic N) is 1. The summed E-state index contributed by atoms with van der Waals surface area (Å²) in [6.45, 7) is 0. The second-order valence-corrected chi connectivity index (χ2v) is 10.0. The van der Waals surface area contributed by atoms with Crippen LogP contribution >= 0.6 is 8.58 Å². The smallest absolute Gasteiger partial charge is 0.123 e. The first kappa shape index (κ1) is 22.9. The van der Waals surface area contributed by atoms with Gasteiger partial charge in [-0.2, -0.15) is 0 Å². The zero-order valence-corrected chi connectivity index (χ0v) is 20.9. The lowest BCUT2D eigenvalue weighted by molar-refractivity contribution is 0.480. The van der Waals surface area contributed by atoms with Crippen molar-refractivity contribution in [2.75, 3.05) is 19.0 Å². The lowest BCUT2D eigenvalue weighted by Crippen LogP contribution is -2.19. The van der Waals surface area contributed by atoms with E-state index in [4.69, 9.17) is 0 Å². The van der Waals surface area contributed by atoms with Crippen molar-refractivity contribution in [3.05, 3.63) is 121 Å². The summed E-state index contributed by atoms with van der Waals surface area (Å²) in [6.07, 6.45) is 0. The van der Waals surface area contributed by atoms with Crippen LogP contribution in [0.25, 0.3) is 33.4 Å². The fraction of sp³-hybridized carbons (Fsp3) is 0.0625. The maximum atomic E-state index is 10.5. The maximum absolute atomic E-state index is 10.5. The van der Waals surface area contributed by atoms with E-state index in [1.54, 1.807) is 6.07 Å². The predicted octanol–water partition coefficient (Wildman–Crippen LogP) is 7.09.